The molecule has 2 atom stereocenters. The number of nitriles is 1. The molecule has 2 bridgehead atoms. The van der Waals surface area contributed by atoms with Crippen LogP contribution in [0.2, 0.25) is 5.02 Å². The summed E-state index contributed by atoms with van der Waals surface area (Å²) < 4.78 is 1.98. The Bertz CT molecular complexity index is 722. The number of fused-ring (bicyclic) bond motifs is 2. The van der Waals surface area contributed by atoms with Crippen molar-refractivity contribution in [2.45, 2.75) is 43.8 Å². The first-order chi connectivity index (χ1) is 10.8. The lowest BCUT2D eigenvalue weighted by Crippen LogP contribution is -2.44. The summed E-state index contributed by atoms with van der Waals surface area (Å²) in [6, 6.07) is 3.29. The zero-order chi connectivity index (χ0) is 15.1. The third kappa shape index (κ3) is 2.13. The average Bonchev–Trinajstić information content (AvgIpc) is 3.08. The average molecular weight is 315 g/mol. The summed E-state index contributed by atoms with van der Waals surface area (Å²) in [4.78, 5) is 10.9. The monoisotopic (exact) mass is 314 g/mol. The molecule has 4 heterocycles. The van der Waals surface area contributed by atoms with Crippen molar-refractivity contribution in [3.05, 3.63) is 35.5 Å². The van der Waals surface area contributed by atoms with E-state index in [2.05, 4.69) is 26.0 Å². The fourth-order valence-electron chi connectivity index (χ4n) is 3.82. The molecule has 0 saturated carbocycles. The van der Waals surface area contributed by atoms with Crippen molar-refractivity contribution in [3.63, 3.8) is 0 Å². The minimum absolute atomic E-state index is 0.364. The summed E-state index contributed by atoms with van der Waals surface area (Å²) in [5, 5.41) is 14.3. The van der Waals surface area contributed by atoms with Gasteiger partial charge in [-0.2, -0.15) is 10.4 Å². The molecule has 2 saturated heterocycles. The van der Waals surface area contributed by atoms with Crippen molar-refractivity contribution in [1.29, 1.82) is 5.26 Å². The lowest BCUT2D eigenvalue weighted by Gasteiger charge is -2.39. The van der Waals surface area contributed by atoms with Crippen LogP contribution in [-0.4, -0.2) is 31.8 Å². The van der Waals surface area contributed by atoms with Gasteiger partial charge in [-0.15, -0.1) is 0 Å². The van der Waals surface area contributed by atoms with Crippen LogP contribution in [-0.2, 0) is 0 Å². The van der Waals surface area contributed by atoms with Gasteiger partial charge in [0.25, 0.3) is 0 Å². The predicted molar refractivity (Wildman–Crippen MR) is 81.5 cm³/mol. The van der Waals surface area contributed by atoms with Crippen molar-refractivity contribution in [2.24, 2.45) is 0 Å². The Morgan fingerprint density at radius 3 is 2.50 bits per heavy atom. The number of hydrogen-bond acceptors (Lipinski definition) is 5. The quantitative estimate of drug-likeness (QED) is 0.852. The Morgan fingerprint density at radius 2 is 1.86 bits per heavy atom. The first-order valence-electron chi connectivity index (χ1n) is 7.45. The molecule has 0 amide bonds. The normalized spacial score (nSPS) is 26.9. The molecule has 7 heteroatoms. The Hall–Kier alpha value is -2.13. The van der Waals surface area contributed by atoms with Gasteiger partial charge in [-0.25, -0.2) is 9.97 Å². The molecular formula is C15H15ClN6. The Labute approximate surface area is 133 Å². The molecule has 0 aliphatic carbocycles. The molecule has 22 heavy (non-hydrogen) atoms. The van der Waals surface area contributed by atoms with Gasteiger partial charge in [0.15, 0.2) is 11.5 Å². The summed E-state index contributed by atoms with van der Waals surface area (Å²) >= 11 is 5.98. The van der Waals surface area contributed by atoms with Crippen molar-refractivity contribution >= 4 is 17.4 Å². The van der Waals surface area contributed by atoms with Gasteiger partial charge < -0.3 is 4.90 Å². The number of rotatable bonds is 2. The molecule has 0 aromatic carbocycles. The smallest absolute Gasteiger partial charge is 0.183 e. The highest BCUT2D eigenvalue weighted by Crippen LogP contribution is 2.43. The van der Waals surface area contributed by atoms with Crippen LogP contribution < -0.4 is 4.90 Å². The van der Waals surface area contributed by atoms with Crippen LogP contribution in [0.25, 0.3) is 0 Å². The fraction of sp³-hybridized carbons (Fsp3) is 0.467. The molecule has 2 fully saturated rings. The second-order valence-electron chi connectivity index (χ2n) is 5.90. The van der Waals surface area contributed by atoms with E-state index in [9.17, 15) is 5.26 Å². The summed E-state index contributed by atoms with van der Waals surface area (Å²) in [7, 11) is 0. The van der Waals surface area contributed by atoms with Gasteiger partial charge in [-0.05, 0) is 25.7 Å². The van der Waals surface area contributed by atoms with E-state index >= 15 is 0 Å². The Morgan fingerprint density at radius 1 is 1.14 bits per heavy atom. The lowest BCUT2D eigenvalue weighted by atomic mass is 9.97. The summed E-state index contributed by atoms with van der Waals surface area (Å²) in [6.07, 6.45) is 11.1. The van der Waals surface area contributed by atoms with E-state index in [4.69, 9.17) is 11.6 Å². The van der Waals surface area contributed by atoms with E-state index in [1.807, 2.05) is 10.9 Å². The minimum atomic E-state index is 0.364. The Kier molecular flexibility index (Phi) is 3.23. The Balaban J connectivity index is 1.63. The largest absolute Gasteiger partial charge is 0.348 e. The maximum atomic E-state index is 9.27. The summed E-state index contributed by atoms with van der Waals surface area (Å²) in [5.41, 5.74) is 0.417. The molecule has 2 aliphatic rings. The zero-order valence-electron chi connectivity index (χ0n) is 11.9. The van der Waals surface area contributed by atoms with Gasteiger partial charge in [-0.1, -0.05) is 11.6 Å². The first-order valence-corrected chi connectivity index (χ1v) is 7.83. The third-order valence-corrected chi connectivity index (χ3v) is 4.88. The number of piperidine rings is 1. The van der Waals surface area contributed by atoms with Crippen LogP contribution in [0, 0.1) is 11.3 Å². The molecule has 2 aliphatic heterocycles. The zero-order valence-corrected chi connectivity index (χ0v) is 12.7. The van der Waals surface area contributed by atoms with E-state index < -0.39 is 0 Å². The van der Waals surface area contributed by atoms with E-state index in [-0.39, 0.29) is 0 Å². The molecule has 0 N–H and O–H groups in total. The molecule has 4 rings (SSSR count). The van der Waals surface area contributed by atoms with Crippen molar-refractivity contribution in [1.82, 2.24) is 19.7 Å². The number of hydrogen-bond donors (Lipinski definition) is 0. The number of aromatic nitrogens is 4. The molecule has 6 nitrogen and oxygen atoms in total. The second kappa shape index (κ2) is 5.25. The van der Waals surface area contributed by atoms with E-state index in [0.29, 0.717) is 28.8 Å². The van der Waals surface area contributed by atoms with Crippen LogP contribution in [0.3, 0.4) is 0 Å². The van der Waals surface area contributed by atoms with E-state index in [1.165, 1.54) is 0 Å². The third-order valence-electron chi connectivity index (χ3n) is 4.68. The summed E-state index contributed by atoms with van der Waals surface area (Å²) in [5.74, 6) is 0.731. The highest BCUT2D eigenvalue weighted by atomic mass is 35.5. The highest BCUT2D eigenvalue weighted by molar-refractivity contribution is 6.30. The maximum absolute atomic E-state index is 9.27. The number of anilines is 1. The predicted octanol–water partition coefficient (Wildman–Crippen LogP) is 2.57. The highest BCUT2D eigenvalue weighted by Gasteiger charge is 2.43. The molecular weight excluding hydrogens is 300 g/mol. The number of halogens is 1. The second-order valence-corrected chi connectivity index (χ2v) is 6.33. The SMILES string of the molecule is N#Cc1nccnc1N1C2CCC1CC(n1cc(Cl)cn1)C2. The fourth-order valence-corrected chi connectivity index (χ4v) is 3.97. The minimum Gasteiger partial charge on any atom is -0.348 e. The number of nitrogens with zero attached hydrogens (tertiary/aromatic N) is 6. The van der Waals surface area contributed by atoms with Gasteiger partial charge >= 0.3 is 0 Å². The van der Waals surface area contributed by atoms with Crippen LogP contribution in [0.4, 0.5) is 5.82 Å². The molecule has 112 valence electrons. The molecule has 0 radical (unpaired) electrons. The summed E-state index contributed by atoms with van der Waals surface area (Å²) in [6.45, 7) is 0. The van der Waals surface area contributed by atoms with E-state index in [1.54, 1.807) is 18.6 Å². The van der Waals surface area contributed by atoms with Gasteiger partial charge in [0, 0.05) is 30.7 Å². The van der Waals surface area contributed by atoms with Crippen molar-refractivity contribution in [3.8, 4) is 6.07 Å². The van der Waals surface area contributed by atoms with Crippen molar-refractivity contribution < 1.29 is 0 Å². The topological polar surface area (TPSA) is 70.6 Å². The van der Waals surface area contributed by atoms with Crippen LogP contribution in [0.15, 0.2) is 24.8 Å². The molecule has 0 spiro atoms. The van der Waals surface area contributed by atoms with Gasteiger partial charge in [0.2, 0.25) is 0 Å². The maximum Gasteiger partial charge on any atom is 0.183 e. The molecule has 2 aromatic rings. The standard InChI is InChI=1S/C15H15ClN6/c16-10-8-20-21(9-10)13-5-11-1-2-12(6-13)22(11)15-14(7-17)18-3-4-19-15/h3-4,8-9,11-13H,1-2,5-6H2. The van der Waals surface area contributed by atoms with Gasteiger partial charge in [-0.3, -0.25) is 4.68 Å². The van der Waals surface area contributed by atoms with Crippen LogP contribution in [0.5, 0.6) is 0 Å². The lowest BCUT2D eigenvalue weighted by molar-refractivity contribution is 0.313. The van der Waals surface area contributed by atoms with Crippen LogP contribution >= 0.6 is 11.6 Å². The van der Waals surface area contributed by atoms with E-state index in [0.717, 1.165) is 31.5 Å². The van der Waals surface area contributed by atoms with Crippen LogP contribution in [0.1, 0.15) is 37.4 Å². The van der Waals surface area contributed by atoms with Gasteiger partial charge in [0.05, 0.1) is 17.3 Å². The molecule has 2 aromatic heterocycles. The first kappa shape index (κ1) is 13.5. The van der Waals surface area contributed by atoms with Gasteiger partial charge in [0.1, 0.15) is 6.07 Å². The van der Waals surface area contributed by atoms with Crippen molar-refractivity contribution in [2.75, 3.05) is 4.90 Å². The molecule has 2 unspecified atom stereocenters.